The van der Waals surface area contributed by atoms with Crippen molar-refractivity contribution in [2.75, 3.05) is 13.2 Å². The fourth-order valence-electron chi connectivity index (χ4n) is 2.65. The van der Waals surface area contributed by atoms with Crippen LogP contribution in [-0.4, -0.2) is 24.0 Å². The van der Waals surface area contributed by atoms with Crippen LogP contribution in [0.4, 0.5) is 4.39 Å². The van der Waals surface area contributed by atoms with Gasteiger partial charge in [0.15, 0.2) is 0 Å². The van der Waals surface area contributed by atoms with E-state index in [1.54, 1.807) is 30.6 Å². The molecule has 2 aromatic rings. The fraction of sp³-hybridized carbons (Fsp3) is 0.312. The molecule has 0 unspecified atom stereocenters. The molecule has 4 nitrogen and oxygen atoms in total. The number of ether oxygens (including phenoxy) is 1. The molecule has 2 atom stereocenters. The maximum atomic E-state index is 13.0. The minimum Gasteiger partial charge on any atom is -0.373 e. The van der Waals surface area contributed by atoms with Crippen LogP contribution in [0, 0.1) is 11.7 Å². The minimum atomic E-state index is -0.256. The molecule has 1 aromatic heterocycles. The summed E-state index contributed by atoms with van der Waals surface area (Å²) in [6.45, 7) is 1.21. The summed E-state index contributed by atoms with van der Waals surface area (Å²) in [7, 11) is 0. The van der Waals surface area contributed by atoms with Gasteiger partial charge in [-0.1, -0.05) is 12.1 Å². The van der Waals surface area contributed by atoms with Crippen LogP contribution in [-0.2, 0) is 4.74 Å². The number of hydrogen-bond donors (Lipinski definition) is 2. The Hall–Kier alpha value is -2.14. The van der Waals surface area contributed by atoms with Gasteiger partial charge in [0.1, 0.15) is 5.82 Å². The maximum absolute atomic E-state index is 13.0. The molecule has 0 spiro atoms. The predicted octanol–water partition coefficient (Wildman–Crippen LogP) is 2.66. The molecule has 1 fully saturated rings. The summed E-state index contributed by atoms with van der Waals surface area (Å²) in [6, 6.07) is 8.09. The van der Waals surface area contributed by atoms with E-state index < -0.39 is 0 Å². The van der Waals surface area contributed by atoms with Crippen molar-refractivity contribution in [3.05, 3.63) is 59.7 Å². The van der Waals surface area contributed by atoms with E-state index in [9.17, 15) is 9.18 Å². The van der Waals surface area contributed by atoms with Crippen molar-refractivity contribution >= 4 is 5.91 Å². The van der Waals surface area contributed by atoms with Crippen molar-refractivity contribution < 1.29 is 13.9 Å². The molecule has 2 N–H and O–H groups in total. The molecule has 2 heterocycles. The van der Waals surface area contributed by atoms with Crippen LogP contribution in [0.1, 0.15) is 28.4 Å². The van der Waals surface area contributed by atoms with E-state index in [1.807, 2.05) is 0 Å². The smallest absolute Gasteiger partial charge is 0.252 e. The number of aromatic nitrogens is 1. The first-order valence-corrected chi connectivity index (χ1v) is 7.02. The van der Waals surface area contributed by atoms with Gasteiger partial charge < -0.3 is 15.0 Å². The standard InChI is InChI=1S/C16H17FN2O2/c17-14-3-1-11(2-4-14)15-12(6-8-21-15)10-19-16(20)13-5-7-18-9-13/h1-5,7,9,12,15,18H,6,8,10H2,(H,19,20)/t12-,15-/m0/s1. The highest BCUT2D eigenvalue weighted by Crippen LogP contribution is 2.34. The first-order chi connectivity index (χ1) is 10.2. The third-order valence-electron chi connectivity index (χ3n) is 3.80. The second-order valence-electron chi connectivity index (χ2n) is 5.20. The van der Waals surface area contributed by atoms with E-state index >= 15 is 0 Å². The molecule has 5 heteroatoms. The lowest BCUT2D eigenvalue weighted by atomic mass is 9.95. The van der Waals surface area contributed by atoms with Crippen molar-refractivity contribution in [1.29, 1.82) is 0 Å². The molecule has 0 bridgehead atoms. The summed E-state index contributed by atoms with van der Waals surface area (Å²) in [5.74, 6) is -0.145. The molecular weight excluding hydrogens is 271 g/mol. The number of benzene rings is 1. The zero-order valence-electron chi connectivity index (χ0n) is 11.5. The van der Waals surface area contributed by atoms with Gasteiger partial charge in [0.25, 0.3) is 5.91 Å². The molecule has 1 aliphatic rings. The highest BCUT2D eigenvalue weighted by atomic mass is 19.1. The number of carbonyl (C=O) groups excluding carboxylic acids is 1. The van der Waals surface area contributed by atoms with E-state index in [-0.39, 0.29) is 23.7 Å². The van der Waals surface area contributed by atoms with Crippen LogP contribution >= 0.6 is 0 Å². The first-order valence-electron chi connectivity index (χ1n) is 7.02. The second-order valence-corrected chi connectivity index (χ2v) is 5.20. The van der Waals surface area contributed by atoms with Crippen LogP contribution in [0.2, 0.25) is 0 Å². The molecular formula is C16H17FN2O2. The quantitative estimate of drug-likeness (QED) is 0.908. The number of hydrogen-bond acceptors (Lipinski definition) is 2. The Morgan fingerprint density at radius 1 is 1.33 bits per heavy atom. The summed E-state index contributed by atoms with van der Waals surface area (Å²) in [5.41, 5.74) is 1.57. The Morgan fingerprint density at radius 3 is 2.86 bits per heavy atom. The molecule has 1 aromatic carbocycles. The predicted molar refractivity (Wildman–Crippen MR) is 76.3 cm³/mol. The van der Waals surface area contributed by atoms with Crippen LogP contribution in [0.25, 0.3) is 0 Å². The Balaban J connectivity index is 1.62. The van der Waals surface area contributed by atoms with Crippen molar-refractivity contribution in [3.8, 4) is 0 Å². The van der Waals surface area contributed by atoms with Gasteiger partial charge in [0.2, 0.25) is 0 Å². The average molecular weight is 288 g/mol. The van der Waals surface area contributed by atoms with Crippen molar-refractivity contribution in [3.63, 3.8) is 0 Å². The molecule has 1 aliphatic heterocycles. The molecule has 0 saturated carbocycles. The third kappa shape index (κ3) is 3.13. The molecule has 1 saturated heterocycles. The van der Waals surface area contributed by atoms with Gasteiger partial charge in [-0.25, -0.2) is 4.39 Å². The van der Waals surface area contributed by atoms with Gasteiger partial charge in [-0.3, -0.25) is 4.79 Å². The van der Waals surface area contributed by atoms with E-state index in [0.29, 0.717) is 18.7 Å². The van der Waals surface area contributed by atoms with Crippen LogP contribution in [0.5, 0.6) is 0 Å². The summed E-state index contributed by atoms with van der Waals surface area (Å²) in [5, 5.41) is 2.93. The maximum Gasteiger partial charge on any atom is 0.252 e. The SMILES string of the molecule is O=C(NC[C@@H]1CCO[C@H]1c1ccc(F)cc1)c1cc[nH]c1. The third-order valence-corrected chi connectivity index (χ3v) is 3.80. The molecule has 1 amide bonds. The number of nitrogens with one attached hydrogen (secondary N) is 2. The number of carbonyl (C=O) groups is 1. The van der Waals surface area contributed by atoms with Crippen molar-refractivity contribution in [1.82, 2.24) is 10.3 Å². The highest BCUT2D eigenvalue weighted by Gasteiger charge is 2.29. The Labute approximate surface area is 122 Å². The topological polar surface area (TPSA) is 54.1 Å². The van der Waals surface area contributed by atoms with Gasteiger partial charge in [0.05, 0.1) is 11.7 Å². The zero-order valence-corrected chi connectivity index (χ0v) is 11.5. The van der Waals surface area contributed by atoms with Crippen LogP contribution in [0.15, 0.2) is 42.7 Å². The lowest BCUT2D eigenvalue weighted by molar-refractivity contribution is 0.0846. The Kier molecular flexibility index (Phi) is 4.01. The van der Waals surface area contributed by atoms with Crippen molar-refractivity contribution in [2.24, 2.45) is 5.92 Å². The van der Waals surface area contributed by atoms with Gasteiger partial charge in [-0.2, -0.15) is 0 Å². The lowest BCUT2D eigenvalue weighted by Crippen LogP contribution is -2.30. The molecule has 0 radical (unpaired) electrons. The van der Waals surface area contributed by atoms with Gasteiger partial charge in [0, 0.05) is 31.5 Å². The number of halogens is 1. The summed E-state index contributed by atoms with van der Waals surface area (Å²) in [6.07, 6.45) is 4.18. The number of aromatic amines is 1. The Morgan fingerprint density at radius 2 is 2.14 bits per heavy atom. The lowest BCUT2D eigenvalue weighted by Gasteiger charge is -2.19. The molecule has 0 aliphatic carbocycles. The second kappa shape index (κ2) is 6.10. The number of amides is 1. The summed E-state index contributed by atoms with van der Waals surface area (Å²) < 4.78 is 18.7. The monoisotopic (exact) mass is 288 g/mol. The van der Waals surface area contributed by atoms with E-state index in [0.717, 1.165) is 12.0 Å². The summed E-state index contributed by atoms with van der Waals surface area (Å²) >= 11 is 0. The zero-order chi connectivity index (χ0) is 14.7. The fourth-order valence-corrected chi connectivity index (χ4v) is 2.65. The number of rotatable bonds is 4. The van der Waals surface area contributed by atoms with E-state index in [2.05, 4.69) is 10.3 Å². The van der Waals surface area contributed by atoms with Gasteiger partial charge >= 0.3 is 0 Å². The number of H-pyrrole nitrogens is 1. The summed E-state index contributed by atoms with van der Waals surface area (Å²) in [4.78, 5) is 14.8. The largest absolute Gasteiger partial charge is 0.373 e. The molecule has 110 valence electrons. The van der Waals surface area contributed by atoms with Gasteiger partial charge in [-0.15, -0.1) is 0 Å². The highest BCUT2D eigenvalue weighted by molar-refractivity contribution is 5.93. The van der Waals surface area contributed by atoms with Crippen LogP contribution < -0.4 is 5.32 Å². The Bertz CT molecular complexity index is 595. The minimum absolute atomic E-state index is 0.0860. The van der Waals surface area contributed by atoms with Crippen LogP contribution in [0.3, 0.4) is 0 Å². The average Bonchev–Trinajstić information content (AvgIpc) is 3.17. The molecule has 3 rings (SSSR count). The van der Waals surface area contributed by atoms with Gasteiger partial charge in [-0.05, 0) is 30.2 Å². The van der Waals surface area contributed by atoms with Crippen molar-refractivity contribution in [2.45, 2.75) is 12.5 Å². The van der Waals surface area contributed by atoms with E-state index in [1.165, 1.54) is 12.1 Å². The van der Waals surface area contributed by atoms with E-state index in [4.69, 9.17) is 4.74 Å². The molecule has 21 heavy (non-hydrogen) atoms. The first kappa shape index (κ1) is 13.8. The normalized spacial score (nSPS) is 21.4.